The minimum Gasteiger partial charge on any atom is -0.333 e. The molecule has 0 atom stereocenters. The number of anilines is 1. The third kappa shape index (κ3) is 2.41. The molecule has 0 bridgehead atoms. The predicted octanol–water partition coefficient (Wildman–Crippen LogP) is 0.398. The van der Waals surface area contributed by atoms with Crippen molar-refractivity contribution >= 4 is 17.5 Å². The summed E-state index contributed by atoms with van der Waals surface area (Å²) in [5.41, 5.74) is 2.03. The average Bonchev–Trinajstić information content (AvgIpc) is 2.72. The summed E-state index contributed by atoms with van der Waals surface area (Å²) in [4.78, 5) is 28.1. The van der Waals surface area contributed by atoms with Crippen molar-refractivity contribution in [3.63, 3.8) is 0 Å². The fourth-order valence-corrected chi connectivity index (χ4v) is 2.85. The molecule has 2 aliphatic heterocycles. The first-order valence-corrected chi connectivity index (χ1v) is 7.17. The van der Waals surface area contributed by atoms with Crippen molar-refractivity contribution in [2.75, 3.05) is 37.6 Å². The van der Waals surface area contributed by atoms with Gasteiger partial charge in [-0.1, -0.05) is 18.2 Å². The number of nitrogens with zero attached hydrogens (tertiary/aromatic N) is 2. The van der Waals surface area contributed by atoms with Crippen LogP contribution in [0.15, 0.2) is 24.3 Å². The topological polar surface area (TPSA) is 52.7 Å². The molecule has 5 heteroatoms. The van der Waals surface area contributed by atoms with Crippen LogP contribution in [-0.2, 0) is 16.0 Å². The monoisotopic (exact) mass is 273 g/mol. The molecule has 1 aromatic rings. The first kappa shape index (κ1) is 13.1. The van der Waals surface area contributed by atoms with Crippen LogP contribution in [0, 0.1) is 0 Å². The Hall–Kier alpha value is -1.88. The van der Waals surface area contributed by atoms with Gasteiger partial charge in [-0.2, -0.15) is 0 Å². The molecule has 0 spiro atoms. The van der Waals surface area contributed by atoms with Crippen LogP contribution in [0.1, 0.15) is 12.0 Å². The molecule has 20 heavy (non-hydrogen) atoms. The summed E-state index contributed by atoms with van der Waals surface area (Å²) >= 11 is 0. The number of carbonyl (C=O) groups excluding carboxylic acids is 2. The van der Waals surface area contributed by atoms with E-state index in [4.69, 9.17) is 0 Å². The fraction of sp³-hybridized carbons (Fsp3) is 0.467. The molecule has 2 aliphatic rings. The van der Waals surface area contributed by atoms with E-state index in [1.807, 2.05) is 24.3 Å². The first-order chi connectivity index (χ1) is 9.77. The molecule has 1 N–H and O–H groups in total. The number of benzene rings is 1. The maximum Gasteiger partial charge on any atom is 0.316 e. The number of carbonyl (C=O) groups is 2. The number of hydrogen-bond donors (Lipinski definition) is 1. The SMILES string of the molecule is O=C(C(=O)N1CCc2ccccc21)N1CCCNCC1. The van der Waals surface area contributed by atoms with Gasteiger partial charge < -0.3 is 15.1 Å². The van der Waals surface area contributed by atoms with Gasteiger partial charge in [0.05, 0.1) is 0 Å². The Balaban J connectivity index is 1.74. The fourth-order valence-electron chi connectivity index (χ4n) is 2.85. The Labute approximate surface area is 118 Å². The first-order valence-electron chi connectivity index (χ1n) is 7.17. The van der Waals surface area contributed by atoms with Crippen LogP contribution in [0.2, 0.25) is 0 Å². The molecule has 1 fully saturated rings. The third-order valence-electron chi connectivity index (χ3n) is 3.94. The van der Waals surface area contributed by atoms with Crippen molar-refractivity contribution in [2.45, 2.75) is 12.8 Å². The summed E-state index contributed by atoms with van der Waals surface area (Å²) in [6.07, 6.45) is 1.73. The lowest BCUT2D eigenvalue weighted by Gasteiger charge is -2.23. The van der Waals surface area contributed by atoms with Crippen LogP contribution in [0.25, 0.3) is 0 Å². The lowest BCUT2D eigenvalue weighted by atomic mass is 10.2. The molecule has 0 radical (unpaired) electrons. The smallest absolute Gasteiger partial charge is 0.316 e. The van der Waals surface area contributed by atoms with Crippen molar-refractivity contribution in [1.29, 1.82) is 0 Å². The Morgan fingerprint density at radius 3 is 2.75 bits per heavy atom. The van der Waals surface area contributed by atoms with E-state index >= 15 is 0 Å². The number of fused-ring (bicyclic) bond motifs is 1. The van der Waals surface area contributed by atoms with Crippen molar-refractivity contribution in [1.82, 2.24) is 10.2 Å². The Morgan fingerprint density at radius 1 is 1.00 bits per heavy atom. The summed E-state index contributed by atoms with van der Waals surface area (Å²) in [5, 5.41) is 3.24. The van der Waals surface area contributed by atoms with Gasteiger partial charge in [0.1, 0.15) is 0 Å². The molecule has 3 rings (SSSR count). The number of rotatable bonds is 0. The number of para-hydroxylation sites is 1. The summed E-state index contributed by atoms with van der Waals surface area (Å²) < 4.78 is 0. The van der Waals surface area contributed by atoms with E-state index in [1.54, 1.807) is 9.80 Å². The average molecular weight is 273 g/mol. The van der Waals surface area contributed by atoms with Crippen LogP contribution in [0.5, 0.6) is 0 Å². The van der Waals surface area contributed by atoms with E-state index in [2.05, 4.69) is 5.32 Å². The van der Waals surface area contributed by atoms with Gasteiger partial charge in [-0.3, -0.25) is 9.59 Å². The van der Waals surface area contributed by atoms with E-state index < -0.39 is 5.91 Å². The molecule has 0 saturated carbocycles. The van der Waals surface area contributed by atoms with Crippen molar-refractivity contribution in [2.24, 2.45) is 0 Å². The summed E-state index contributed by atoms with van der Waals surface area (Å²) in [5.74, 6) is -0.762. The van der Waals surface area contributed by atoms with Crippen LogP contribution < -0.4 is 10.2 Å². The summed E-state index contributed by atoms with van der Waals surface area (Å²) in [6, 6.07) is 7.81. The Morgan fingerprint density at radius 2 is 1.85 bits per heavy atom. The largest absolute Gasteiger partial charge is 0.333 e. The highest BCUT2D eigenvalue weighted by atomic mass is 16.2. The van der Waals surface area contributed by atoms with Crippen molar-refractivity contribution in [3.05, 3.63) is 29.8 Å². The van der Waals surface area contributed by atoms with E-state index in [-0.39, 0.29) is 5.91 Å². The molecule has 1 saturated heterocycles. The normalized spacial score (nSPS) is 18.6. The second-order valence-electron chi connectivity index (χ2n) is 5.23. The zero-order valence-electron chi connectivity index (χ0n) is 11.5. The van der Waals surface area contributed by atoms with E-state index in [0.29, 0.717) is 19.6 Å². The van der Waals surface area contributed by atoms with Crippen LogP contribution in [0.4, 0.5) is 5.69 Å². The molecule has 0 unspecified atom stereocenters. The zero-order valence-corrected chi connectivity index (χ0v) is 11.5. The molecule has 0 aliphatic carbocycles. The number of amides is 2. The van der Waals surface area contributed by atoms with Gasteiger partial charge in [0.25, 0.3) is 0 Å². The van der Waals surface area contributed by atoms with Gasteiger partial charge in [-0.15, -0.1) is 0 Å². The number of hydrogen-bond acceptors (Lipinski definition) is 3. The van der Waals surface area contributed by atoms with Crippen LogP contribution in [0.3, 0.4) is 0 Å². The van der Waals surface area contributed by atoms with E-state index in [9.17, 15) is 9.59 Å². The molecule has 2 heterocycles. The molecule has 106 valence electrons. The van der Waals surface area contributed by atoms with Gasteiger partial charge in [0, 0.05) is 31.9 Å². The summed E-state index contributed by atoms with van der Waals surface area (Å²) in [6.45, 7) is 3.54. The molecular weight excluding hydrogens is 254 g/mol. The Bertz CT molecular complexity index is 522. The quantitative estimate of drug-likeness (QED) is 0.696. The molecule has 1 aromatic carbocycles. The summed E-state index contributed by atoms with van der Waals surface area (Å²) in [7, 11) is 0. The maximum absolute atomic E-state index is 12.4. The second-order valence-corrected chi connectivity index (χ2v) is 5.23. The van der Waals surface area contributed by atoms with E-state index in [1.165, 1.54) is 0 Å². The standard InChI is InChI=1S/C15H19N3O2/c19-14(17-9-3-7-16-8-11-17)15(20)18-10-6-12-4-1-2-5-13(12)18/h1-2,4-5,16H,3,6-11H2. The molecule has 2 amide bonds. The maximum atomic E-state index is 12.4. The molecule has 5 nitrogen and oxygen atoms in total. The van der Waals surface area contributed by atoms with Crippen LogP contribution >= 0.6 is 0 Å². The Kier molecular flexibility index (Phi) is 3.69. The minimum absolute atomic E-state index is 0.370. The van der Waals surface area contributed by atoms with Gasteiger partial charge >= 0.3 is 11.8 Å². The minimum atomic E-state index is -0.392. The van der Waals surface area contributed by atoms with Gasteiger partial charge in [0.15, 0.2) is 0 Å². The van der Waals surface area contributed by atoms with E-state index in [0.717, 1.165) is 37.2 Å². The lowest BCUT2D eigenvalue weighted by molar-refractivity contribution is -0.144. The number of nitrogens with one attached hydrogen (secondary N) is 1. The highest BCUT2D eigenvalue weighted by Gasteiger charge is 2.31. The second kappa shape index (κ2) is 5.63. The molecule has 0 aromatic heterocycles. The zero-order chi connectivity index (χ0) is 13.9. The van der Waals surface area contributed by atoms with Crippen molar-refractivity contribution in [3.8, 4) is 0 Å². The lowest BCUT2D eigenvalue weighted by Crippen LogP contribution is -2.46. The van der Waals surface area contributed by atoms with Gasteiger partial charge in [-0.25, -0.2) is 0 Å². The predicted molar refractivity (Wildman–Crippen MR) is 76.6 cm³/mol. The highest BCUT2D eigenvalue weighted by Crippen LogP contribution is 2.27. The van der Waals surface area contributed by atoms with Gasteiger partial charge in [-0.05, 0) is 31.0 Å². The van der Waals surface area contributed by atoms with Crippen molar-refractivity contribution < 1.29 is 9.59 Å². The van der Waals surface area contributed by atoms with Crippen LogP contribution in [-0.4, -0.2) is 49.4 Å². The third-order valence-corrected chi connectivity index (χ3v) is 3.94. The highest BCUT2D eigenvalue weighted by molar-refractivity contribution is 6.40. The van der Waals surface area contributed by atoms with Gasteiger partial charge in [0.2, 0.25) is 0 Å². The molecular formula is C15H19N3O2.